The van der Waals surface area contributed by atoms with Crippen molar-refractivity contribution in [1.29, 1.82) is 0 Å². The Labute approximate surface area is 120 Å². The second-order valence-corrected chi connectivity index (χ2v) is 6.66. The van der Waals surface area contributed by atoms with E-state index in [0.717, 1.165) is 66.5 Å². The molecule has 0 aliphatic carbocycles. The van der Waals surface area contributed by atoms with Gasteiger partial charge < -0.3 is 9.72 Å². The lowest BCUT2D eigenvalue weighted by Crippen LogP contribution is -2.37. The van der Waals surface area contributed by atoms with E-state index in [9.17, 15) is 4.79 Å². The smallest absolute Gasteiger partial charge is 0.255 e. The first-order valence-corrected chi connectivity index (χ1v) is 8.59. The molecule has 1 aromatic heterocycles. The first kappa shape index (κ1) is 13.5. The Morgan fingerprint density at radius 2 is 2.21 bits per heavy atom. The number of morpholine rings is 1. The van der Waals surface area contributed by atoms with Gasteiger partial charge in [0.25, 0.3) is 5.56 Å². The van der Waals surface area contributed by atoms with Gasteiger partial charge in [0, 0.05) is 42.5 Å². The summed E-state index contributed by atoms with van der Waals surface area (Å²) in [6.07, 6.45) is 0. The van der Waals surface area contributed by atoms with Crippen LogP contribution in [0.1, 0.15) is 11.3 Å². The van der Waals surface area contributed by atoms with Crippen molar-refractivity contribution in [3.63, 3.8) is 0 Å². The minimum atomic E-state index is 0.0453. The number of aromatic amines is 1. The van der Waals surface area contributed by atoms with Crippen LogP contribution in [0.2, 0.25) is 0 Å². The first-order valence-electron chi connectivity index (χ1n) is 6.45. The minimum absolute atomic E-state index is 0.0453. The molecule has 2 aliphatic rings. The fourth-order valence-electron chi connectivity index (χ4n) is 2.20. The Kier molecular flexibility index (Phi) is 4.47. The molecule has 5 nitrogen and oxygen atoms in total. The Balaban J connectivity index is 1.55. The molecule has 1 fully saturated rings. The number of ether oxygens (including phenoxy) is 1. The molecule has 1 saturated heterocycles. The highest BCUT2D eigenvalue weighted by atomic mass is 32.2. The molecular weight excluding hydrogens is 282 g/mol. The van der Waals surface area contributed by atoms with Gasteiger partial charge in [0.2, 0.25) is 0 Å². The number of aromatic nitrogens is 2. The van der Waals surface area contributed by atoms with Crippen molar-refractivity contribution in [3.05, 3.63) is 21.6 Å². The molecule has 104 valence electrons. The molecule has 3 heterocycles. The molecule has 0 spiro atoms. The lowest BCUT2D eigenvalue weighted by molar-refractivity contribution is 0.0410. The molecule has 1 aromatic rings. The van der Waals surface area contributed by atoms with Crippen LogP contribution in [0.25, 0.3) is 0 Å². The largest absolute Gasteiger partial charge is 0.379 e. The number of nitrogens with one attached hydrogen (secondary N) is 1. The lowest BCUT2D eigenvalue weighted by atomic mass is 10.3. The molecule has 2 aliphatic heterocycles. The molecule has 0 atom stereocenters. The summed E-state index contributed by atoms with van der Waals surface area (Å²) in [6.45, 7) is 4.69. The molecule has 0 saturated carbocycles. The second-order valence-electron chi connectivity index (χ2n) is 4.59. The summed E-state index contributed by atoms with van der Waals surface area (Å²) in [7, 11) is 0. The van der Waals surface area contributed by atoms with Gasteiger partial charge >= 0.3 is 0 Å². The van der Waals surface area contributed by atoms with Crippen molar-refractivity contribution in [1.82, 2.24) is 14.9 Å². The predicted octanol–water partition coefficient (Wildman–Crippen LogP) is 0.941. The molecule has 1 N–H and O–H groups in total. The van der Waals surface area contributed by atoms with Gasteiger partial charge in [-0.15, -0.1) is 0 Å². The summed E-state index contributed by atoms with van der Waals surface area (Å²) >= 11 is 3.39. The number of fused-ring (bicyclic) bond motifs is 1. The number of thioether (sulfide) groups is 2. The number of hydrogen-bond donors (Lipinski definition) is 1. The van der Waals surface area contributed by atoms with Crippen LogP contribution < -0.4 is 5.56 Å². The second kappa shape index (κ2) is 6.30. The van der Waals surface area contributed by atoms with Crippen LogP contribution >= 0.6 is 23.5 Å². The summed E-state index contributed by atoms with van der Waals surface area (Å²) < 4.78 is 5.32. The van der Waals surface area contributed by atoms with Crippen LogP contribution in [0.3, 0.4) is 0 Å². The van der Waals surface area contributed by atoms with Crippen LogP contribution in [-0.4, -0.2) is 53.5 Å². The van der Waals surface area contributed by atoms with E-state index in [-0.39, 0.29) is 5.56 Å². The van der Waals surface area contributed by atoms with Crippen molar-refractivity contribution in [2.24, 2.45) is 0 Å². The van der Waals surface area contributed by atoms with Gasteiger partial charge in [0.1, 0.15) is 0 Å². The topological polar surface area (TPSA) is 58.2 Å². The molecule has 0 amide bonds. The van der Waals surface area contributed by atoms with Crippen molar-refractivity contribution < 1.29 is 4.74 Å². The van der Waals surface area contributed by atoms with Crippen LogP contribution in [-0.2, 0) is 16.2 Å². The van der Waals surface area contributed by atoms with E-state index >= 15 is 0 Å². The van der Waals surface area contributed by atoms with Gasteiger partial charge in [-0.25, -0.2) is 4.98 Å². The Hall–Kier alpha value is -0.500. The Morgan fingerprint density at radius 1 is 1.37 bits per heavy atom. The zero-order valence-electron chi connectivity index (χ0n) is 10.7. The summed E-state index contributed by atoms with van der Waals surface area (Å²) in [5.74, 6) is 2.63. The monoisotopic (exact) mass is 299 g/mol. The highest BCUT2D eigenvalue weighted by Gasteiger charge is 2.17. The van der Waals surface area contributed by atoms with Crippen molar-refractivity contribution >= 4 is 23.5 Å². The van der Waals surface area contributed by atoms with Gasteiger partial charge in [-0.1, -0.05) is 11.8 Å². The fourth-order valence-corrected chi connectivity index (χ4v) is 4.12. The summed E-state index contributed by atoms with van der Waals surface area (Å²) in [5, 5.41) is 0.763. The SMILES string of the molecule is O=c1[nH]c(SCCN2CCOCC2)nc2c1CSC2. The molecule has 3 rings (SSSR count). The van der Waals surface area contributed by atoms with E-state index < -0.39 is 0 Å². The molecule has 0 bridgehead atoms. The van der Waals surface area contributed by atoms with Gasteiger partial charge in [-0.3, -0.25) is 9.69 Å². The van der Waals surface area contributed by atoms with E-state index in [1.165, 1.54) is 0 Å². The summed E-state index contributed by atoms with van der Waals surface area (Å²) in [4.78, 5) is 21.7. The zero-order chi connectivity index (χ0) is 13.1. The molecule has 0 aromatic carbocycles. The molecule has 0 unspecified atom stereocenters. The number of hydrogen-bond acceptors (Lipinski definition) is 6. The summed E-state index contributed by atoms with van der Waals surface area (Å²) in [5.41, 5.74) is 1.88. The van der Waals surface area contributed by atoms with Gasteiger partial charge in [-0.2, -0.15) is 11.8 Å². The van der Waals surface area contributed by atoms with Crippen LogP contribution in [0.5, 0.6) is 0 Å². The fraction of sp³-hybridized carbons (Fsp3) is 0.667. The van der Waals surface area contributed by atoms with Gasteiger partial charge in [0.05, 0.1) is 18.9 Å². The number of rotatable bonds is 4. The molecule has 19 heavy (non-hydrogen) atoms. The molecule has 7 heteroatoms. The summed E-state index contributed by atoms with van der Waals surface area (Å²) in [6, 6.07) is 0. The van der Waals surface area contributed by atoms with E-state index in [4.69, 9.17) is 4.74 Å². The first-order chi connectivity index (χ1) is 9.33. The van der Waals surface area contributed by atoms with Crippen molar-refractivity contribution in [3.8, 4) is 0 Å². The third kappa shape index (κ3) is 3.34. The third-order valence-electron chi connectivity index (χ3n) is 3.31. The third-order valence-corrected chi connectivity index (χ3v) is 5.14. The zero-order valence-corrected chi connectivity index (χ0v) is 12.3. The minimum Gasteiger partial charge on any atom is -0.379 e. The average molecular weight is 299 g/mol. The van der Waals surface area contributed by atoms with E-state index in [1.807, 2.05) is 0 Å². The standard InChI is InChI=1S/C12H17N3O2S2/c16-11-9-7-18-8-10(9)13-12(14-11)19-6-3-15-1-4-17-5-2-15/h1-8H2,(H,13,14,16). The highest BCUT2D eigenvalue weighted by molar-refractivity contribution is 7.99. The van der Waals surface area contributed by atoms with Crippen LogP contribution in [0.15, 0.2) is 9.95 Å². The Bertz CT molecular complexity index is 500. The normalized spacial score (nSPS) is 19.6. The maximum absolute atomic E-state index is 11.8. The number of H-pyrrole nitrogens is 1. The Morgan fingerprint density at radius 3 is 3.05 bits per heavy atom. The number of nitrogens with zero attached hydrogens (tertiary/aromatic N) is 2. The van der Waals surface area contributed by atoms with Crippen molar-refractivity contribution in [2.45, 2.75) is 16.7 Å². The van der Waals surface area contributed by atoms with E-state index in [2.05, 4.69) is 14.9 Å². The lowest BCUT2D eigenvalue weighted by Gasteiger charge is -2.26. The maximum atomic E-state index is 11.8. The highest BCUT2D eigenvalue weighted by Crippen LogP contribution is 2.26. The average Bonchev–Trinajstić information content (AvgIpc) is 2.89. The van der Waals surface area contributed by atoms with Crippen molar-refractivity contribution in [2.75, 3.05) is 38.6 Å². The van der Waals surface area contributed by atoms with E-state index in [0.29, 0.717) is 0 Å². The van der Waals surface area contributed by atoms with Gasteiger partial charge in [0.15, 0.2) is 5.16 Å². The van der Waals surface area contributed by atoms with E-state index in [1.54, 1.807) is 23.5 Å². The van der Waals surface area contributed by atoms with Crippen LogP contribution in [0.4, 0.5) is 0 Å². The van der Waals surface area contributed by atoms with Gasteiger partial charge in [-0.05, 0) is 0 Å². The predicted molar refractivity (Wildman–Crippen MR) is 77.8 cm³/mol. The molecular formula is C12H17N3O2S2. The quantitative estimate of drug-likeness (QED) is 0.660. The van der Waals surface area contributed by atoms with Crippen LogP contribution in [0, 0.1) is 0 Å². The maximum Gasteiger partial charge on any atom is 0.255 e. The molecule has 0 radical (unpaired) electrons.